The number of hydrogen-bond acceptors (Lipinski definition) is 2. The highest BCUT2D eigenvalue weighted by Crippen LogP contribution is 2.16. The van der Waals surface area contributed by atoms with Crippen LogP contribution in [0.15, 0.2) is 18.2 Å². The summed E-state index contributed by atoms with van der Waals surface area (Å²) in [7, 11) is 0. The summed E-state index contributed by atoms with van der Waals surface area (Å²) >= 11 is 5.36. The van der Waals surface area contributed by atoms with Crippen LogP contribution in [0.1, 0.15) is 30.9 Å². The van der Waals surface area contributed by atoms with Crippen molar-refractivity contribution in [3.05, 3.63) is 29.3 Å². The maximum absolute atomic E-state index is 5.65. The molecule has 0 radical (unpaired) electrons. The fourth-order valence-electron chi connectivity index (χ4n) is 2.51. The third-order valence-corrected chi connectivity index (χ3v) is 3.58. The molecule has 0 spiro atoms. The number of ether oxygens (including phenoxy) is 1. The first-order chi connectivity index (χ1) is 9.04. The first-order valence-corrected chi connectivity index (χ1v) is 7.23. The lowest BCUT2D eigenvalue weighted by Gasteiger charge is -2.22. The monoisotopic (exact) mass is 278 g/mol. The van der Waals surface area contributed by atoms with Gasteiger partial charge in [0, 0.05) is 12.3 Å². The maximum Gasteiger partial charge on any atom is 0.171 e. The van der Waals surface area contributed by atoms with Crippen LogP contribution in [-0.2, 0) is 4.74 Å². The molecule has 4 heteroatoms. The molecule has 19 heavy (non-hydrogen) atoms. The Morgan fingerprint density at radius 3 is 2.58 bits per heavy atom. The van der Waals surface area contributed by atoms with E-state index in [-0.39, 0.29) is 12.1 Å². The van der Waals surface area contributed by atoms with Crippen LogP contribution in [0.3, 0.4) is 0 Å². The van der Waals surface area contributed by atoms with Crippen LogP contribution in [0.25, 0.3) is 0 Å². The molecule has 0 aromatic heterocycles. The van der Waals surface area contributed by atoms with Crippen molar-refractivity contribution in [1.29, 1.82) is 0 Å². The Bertz CT molecular complexity index is 435. The van der Waals surface area contributed by atoms with Crippen molar-refractivity contribution in [2.75, 3.05) is 11.9 Å². The maximum atomic E-state index is 5.65. The minimum absolute atomic E-state index is 0.244. The van der Waals surface area contributed by atoms with Crippen LogP contribution in [0, 0.1) is 13.8 Å². The number of hydrogen-bond donors (Lipinski definition) is 2. The molecule has 1 fully saturated rings. The number of thiocarbonyl (C=S) groups is 1. The van der Waals surface area contributed by atoms with Gasteiger partial charge in [0.15, 0.2) is 5.11 Å². The van der Waals surface area contributed by atoms with Crippen LogP contribution in [0.5, 0.6) is 0 Å². The van der Waals surface area contributed by atoms with E-state index in [4.69, 9.17) is 17.0 Å². The minimum Gasteiger partial charge on any atom is -0.376 e. The third kappa shape index (κ3) is 4.18. The van der Waals surface area contributed by atoms with Gasteiger partial charge in [0.25, 0.3) is 0 Å². The second kappa shape index (κ2) is 6.35. The zero-order chi connectivity index (χ0) is 13.8. The Kier molecular flexibility index (Phi) is 4.77. The molecule has 1 aromatic rings. The van der Waals surface area contributed by atoms with E-state index in [1.165, 1.54) is 11.1 Å². The summed E-state index contributed by atoms with van der Waals surface area (Å²) in [6.45, 7) is 7.16. The third-order valence-electron chi connectivity index (χ3n) is 3.36. The fraction of sp³-hybridized carbons (Fsp3) is 0.533. The Morgan fingerprint density at radius 2 is 2.00 bits per heavy atom. The van der Waals surface area contributed by atoms with Gasteiger partial charge in [-0.2, -0.15) is 0 Å². The molecule has 2 rings (SSSR count). The van der Waals surface area contributed by atoms with Crippen molar-refractivity contribution in [1.82, 2.24) is 5.32 Å². The minimum atomic E-state index is 0.244. The van der Waals surface area contributed by atoms with E-state index < -0.39 is 0 Å². The molecule has 0 aliphatic carbocycles. The second-order valence-electron chi connectivity index (χ2n) is 5.31. The van der Waals surface area contributed by atoms with Gasteiger partial charge in [0.05, 0.1) is 12.1 Å². The Morgan fingerprint density at radius 1 is 1.32 bits per heavy atom. The highest BCUT2D eigenvalue weighted by molar-refractivity contribution is 7.80. The summed E-state index contributed by atoms with van der Waals surface area (Å²) in [4.78, 5) is 0. The smallest absolute Gasteiger partial charge is 0.171 e. The normalized spacial score (nSPS) is 20.1. The quantitative estimate of drug-likeness (QED) is 0.832. The SMILES string of the molecule is Cc1cc(C)cc(NC(=S)NC(C)C2CCCO2)c1. The van der Waals surface area contributed by atoms with Crippen molar-refractivity contribution in [3.8, 4) is 0 Å². The van der Waals surface area contributed by atoms with Crippen molar-refractivity contribution in [2.24, 2.45) is 0 Å². The summed E-state index contributed by atoms with van der Waals surface area (Å²) in [5.74, 6) is 0. The van der Waals surface area contributed by atoms with Crippen LogP contribution < -0.4 is 10.6 Å². The topological polar surface area (TPSA) is 33.3 Å². The van der Waals surface area contributed by atoms with Gasteiger partial charge in [-0.25, -0.2) is 0 Å². The largest absolute Gasteiger partial charge is 0.376 e. The van der Waals surface area contributed by atoms with Gasteiger partial charge < -0.3 is 15.4 Å². The zero-order valence-electron chi connectivity index (χ0n) is 11.8. The molecule has 1 saturated heterocycles. The molecule has 0 amide bonds. The van der Waals surface area contributed by atoms with Crippen molar-refractivity contribution >= 4 is 23.0 Å². The molecule has 1 aliphatic heterocycles. The molecule has 104 valence electrons. The van der Waals surface area contributed by atoms with Crippen molar-refractivity contribution in [2.45, 2.75) is 45.8 Å². The van der Waals surface area contributed by atoms with Gasteiger partial charge in [-0.15, -0.1) is 0 Å². The van der Waals surface area contributed by atoms with Crippen molar-refractivity contribution < 1.29 is 4.74 Å². The molecule has 3 nitrogen and oxygen atoms in total. The van der Waals surface area contributed by atoms with E-state index in [1.54, 1.807) is 0 Å². The molecule has 2 unspecified atom stereocenters. The number of aryl methyl sites for hydroxylation is 2. The number of nitrogens with one attached hydrogen (secondary N) is 2. The van der Waals surface area contributed by atoms with Gasteiger partial charge in [0.1, 0.15) is 0 Å². The number of benzene rings is 1. The first-order valence-electron chi connectivity index (χ1n) is 6.82. The number of anilines is 1. The van der Waals surface area contributed by atoms with Crippen LogP contribution in [0.2, 0.25) is 0 Å². The van der Waals surface area contributed by atoms with Crippen molar-refractivity contribution in [3.63, 3.8) is 0 Å². The lowest BCUT2D eigenvalue weighted by Crippen LogP contribution is -2.42. The van der Waals surface area contributed by atoms with Gasteiger partial charge in [-0.1, -0.05) is 6.07 Å². The standard InChI is InChI=1S/C15H22N2OS/c1-10-7-11(2)9-13(8-10)17-15(19)16-12(3)14-5-4-6-18-14/h7-9,12,14H,4-6H2,1-3H3,(H2,16,17,19). The van der Waals surface area contributed by atoms with Crippen LogP contribution in [0.4, 0.5) is 5.69 Å². The molecular formula is C15H22N2OS. The van der Waals surface area contributed by atoms with Gasteiger partial charge in [-0.3, -0.25) is 0 Å². The van der Waals surface area contributed by atoms with Crippen LogP contribution in [-0.4, -0.2) is 23.9 Å². The summed E-state index contributed by atoms with van der Waals surface area (Å²) in [5, 5.41) is 7.21. The summed E-state index contributed by atoms with van der Waals surface area (Å²) < 4.78 is 5.65. The summed E-state index contributed by atoms with van der Waals surface area (Å²) in [6, 6.07) is 6.58. The van der Waals surface area contributed by atoms with E-state index in [0.717, 1.165) is 25.1 Å². The lowest BCUT2D eigenvalue weighted by molar-refractivity contribution is 0.0895. The Labute approximate surface area is 120 Å². The Hall–Kier alpha value is -1.13. The van der Waals surface area contributed by atoms with E-state index in [9.17, 15) is 0 Å². The predicted octanol–water partition coefficient (Wildman–Crippen LogP) is 3.16. The van der Waals surface area contributed by atoms with Gasteiger partial charge in [0.2, 0.25) is 0 Å². The molecule has 2 atom stereocenters. The fourth-order valence-corrected chi connectivity index (χ4v) is 2.81. The van der Waals surface area contributed by atoms with E-state index in [0.29, 0.717) is 5.11 Å². The summed E-state index contributed by atoms with van der Waals surface area (Å²) in [6.07, 6.45) is 2.54. The second-order valence-corrected chi connectivity index (χ2v) is 5.72. The highest BCUT2D eigenvalue weighted by Gasteiger charge is 2.22. The number of rotatable bonds is 3. The molecule has 1 heterocycles. The van der Waals surface area contributed by atoms with Crippen LogP contribution >= 0.6 is 12.2 Å². The van der Waals surface area contributed by atoms with E-state index in [2.05, 4.69) is 49.6 Å². The molecule has 0 bridgehead atoms. The molecule has 1 aromatic carbocycles. The first kappa shape index (κ1) is 14.3. The van der Waals surface area contributed by atoms with Gasteiger partial charge in [-0.05, 0) is 69.1 Å². The van der Waals surface area contributed by atoms with E-state index in [1.807, 2.05) is 0 Å². The molecule has 1 aliphatic rings. The molecular weight excluding hydrogens is 256 g/mol. The summed E-state index contributed by atoms with van der Waals surface area (Å²) in [5.41, 5.74) is 3.50. The average Bonchev–Trinajstić information content (AvgIpc) is 2.80. The van der Waals surface area contributed by atoms with Gasteiger partial charge >= 0.3 is 0 Å². The molecule has 2 N–H and O–H groups in total. The van der Waals surface area contributed by atoms with E-state index >= 15 is 0 Å². The average molecular weight is 278 g/mol. The Balaban J connectivity index is 1.89. The lowest BCUT2D eigenvalue weighted by atomic mass is 10.1. The molecule has 0 saturated carbocycles. The zero-order valence-corrected chi connectivity index (χ0v) is 12.6. The predicted molar refractivity (Wildman–Crippen MR) is 83.7 cm³/mol. The highest BCUT2D eigenvalue weighted by atomic mass is 32.1.